The Morgan fingerprint density at radius 3 is 2.58 bits per heavy atom. The summed E-state index contributed by atoms with van der Waals surface area (Å²) < 4.78 is 26.7. The minimum Gasteiger partial charge on any atom is -0.352 e. The summed E-state index contributed by atoms with van der Waals surface area (Å²) in [6.07, 6.45) is 4.83. The van der Waals surface area contributed by atoms with Crippen molar-refractivity contribution in [3.8, 4) is 0 Å². The molecule has 1 amide bonds. The number of benzene rings is 1. The first-order chi connectivity index (χ1) is 12.6. The molecule has 0 unspecified atom stereocenters. The van der Waals surface area contributed by atoms with Crippen LogP contribution in [-0.2, 0) is 14.8 Å². The summed E-state index contributed by atoms with van der Waals surface area (Å²) in [5.74, 6) is 0.186. The number of hydrogen-bond acceptors (Lipinski definition) is 4. The molecule has 2 heterocycles. The summed E-state index contributed by atoms with van der Waals surface area (Å²) in [6.45, 7) is 1.55. The number of carbonyl (C=O) groups excluding carboxylic acids is 1. The summed E-state index contributed by atoms with van der Waals surface area (Å²) in [5, 5.41) is 6.86. The number of hydrogen-bond donors (Lipinski definition) is 1. The second kappa shape index (κ2) is 8.62. The first-order valence-corrected chi connectivity index (χ1v) is 11.0. The van der Waals surface area contributed by atoms with E-state index in [0.717, 1.165) is 18.4 Å². The lowest BCUT2D eigenvalue weighted by molar-refractivity contribution is -0.116. The molecule has 5 nitrogen and oxygen atoms in total. The fraction of sp³-hybridized carbons (Fsp3) is 0.316. The SMILES string of the molecule is O=C(/C=C/c1ccsc1)NCC1CCN(S(=O)(=O)c2ccccc2)CC1. The maximum Gasteiger partial charge on any atom is 0.244 e. The molecule has 0 aliphatic carbocycles. The highest BCUT2D eigenvalue weighted by Crippen LogP contribution is 2.23. The Labute approximate surface area is 158 Å². The molecule has 0 radical (unpaired) electrons. The summed E-state index contributed by atoms with van der Waals surface area (Å²) in [6, 6.07) is 10.5. The predicted molar refractivity (Wildman–Crippen MR) is 104 cm³/mol. The lowest BCUT2D eigenvalue weighted by Crippen LogP contribution is -2.41. The van der Waals surface area contributed by atoms with Crippen LogP contribution in [-0.4, -0.2) is 38.3 Å². The molecule has 3 rings (SSSR count). The Balaban J connectivity index is 1.46. The molecule has 2 aromatic rings. The van der Waals surface area contributed by atoms with Crippen LogP contribution in [0.3, 0.4) is 0 Å². The van der Waals surface area contributed by atoms with Crippen molar-refractivity contribution in [3.63, 3.8) is 0 Å². The largest absolute Gasteiger partial charge is 0.352 e. The maximum atomic E-state index is 12.6. The third-order valence-corrected chi connectivity index (χ3v) is 7.10. The number of rotatable bonds is 6. The second-order valence-electron chi connectivity index (χ2n) is 6.30. The van der Waals surface area contributed by atoms with Gasteiger partial charge in [0.2, 0.25) is 15.9 Å². The molecule has 0 spiro atoms. The van der Waals surface area contributed by atoms with Crippen molar-refractivity contribution in [1.29, 1.82) is 0 Å². The van der Waals surface area contributed by atoms with E-state index in [-0.39, 0.29) is 5.91 Å². The number of nitrogens with zero attached hydrogens (tertiary/aromatic N) is 1. The Kier molecular flexibility index (Phi) is 6.24. The molecule has 138 valence electrons. The zero-order chi connectivity index (χ0) is 18.4. The lowest BCUT2D eigenvalue weighted by Gasteiger charge is -2.31. The fourth-order valence-corrected chi connectivity index (χ4v) is 5.06. The average molecular weight is 391 g/mol. The van der Waals surface area contributed by atoms with Crippen LogP contribution in [0, 0.1) is 5.92 Å². The van der Waals surface area contributed by atoms with E-state index in [2.05, 4.69) is 5.32 Å². The first kappa shape index (κ1) is 18.8. The molecule has 0 saturated carbocycles. The normalized spacial score (nSPS) is 16.8. The van der Waals surface area contributed by atoms with Gasteiger partial charge in [0, 0.05) is 25.7 Å². The molecule has 1 aliphatic rings. The summed E-state index contributed by atoms with van der Waals surface area (Å²) in [4.78, 5) is 12.2. The van der Waals surface area contributed by atoms with E-state index >= 15 is 0 Å². The summed E-state index contributed by atoms with van der Waals surface area (Å²) in [5.41, 5.74) is 1.02. The van der Waals surface area contributed by atoms with Crippen LogP contribution in [0.4, 0.5) is 0 Å². The van der Waals surface area contributed by atoms with E-state index < -0.39 is 10.0 Å². The molecule has 7 heteroatoms. The topological polar surface area (TPSA) is 66.5 Å². The number of sulfonamides is 1. The predicted octanol–water partition coefficient (Wildman–Crippen LogP) is 2.98. The molecule has 1 aromatic heterocycles. The monoisotopic (exact) mass is 390 g/mol. The Hall–Kier alpha value is -1.96. The molecule has 26 heavy (non-hydrogen) atoms. The molecular formula is C19H22N2O3S2. The van der Waals surface area contributed by atoms with Gasteiger partial charge in [-0.2, -0.15) is 15.6 Å². The quantitative estimate of drug-likeness (QED) is 0.771. The van der Waals surface area contributed by atoms with Crippen LogP contribution < -0.4 is 5.32 Å². The van der Waals surface area contributed by atoms with Crippen molar-refractivity contribution < 1.29 is 13.2 Å². The highest BCUT2D eigenvalue weighted by Gasteiger charge is 2.29. The van der Waals surface area contributed by atoms with Gasteiger partial charge in [0.05, 0.1) is 4.90 Å². The van der Waals surface area contributed by atoms with Crippen molar-refractivity contribution in [2.75, 3.05) is 19.6 Å². The summed E-state index contributed by atoms with van der Waals surface area (Å²) in [7, 11) is -3.41. The minimum atomic E-state index is -3.41. The van der Waals surface area contributed by atoms with Crippen LogP contribution in [0.15, 0.2) is 58.1 Å². The van der Waals surface area contributed by atoms with Gasteiger partial charge < -0.3 is 5.32 Å². The first-order valence-electron chi connectivity index (χ1n) is 8.59. The highest BCUT2D eigenvalue weighted by molar-refractivity contribution is 7.89. The van der Waals surface area contributed by atoms with E-state index in [0.29, 0.717) is 30.4 Å². The summed E-state index contributed by atoms with van der Waals surface area (Å²) >= 11 is 1.59. The van der Waals surface area contributed by atoms with Gasteiger partial charge in [-0.15, -0.1) is 0 Å². The Morgan fingerprint density at radius 1 is 1.19 bits per heavy atom. The van der Waals surface area contributed by atoms with Crippen molar-refractivity contribution in [2.45, 2.75) is 17.7 Å². The van der Waals surface area contributed by atoms with Gasteiger partial charge >= 0.3 is 0 Å². The smallest absolute Gasteiger partial charge is 0.244 e. The van der Waals surface area contributed by atoms with Crippen molar-refractivity contribution in [2.24, 2.45) is 5.92 Å². The number of thiophene rings is 1. The second-order valence-corrected chi connectivity index (χ2v) is 9.01. The van der Waals surface area contributed by atoms with Gasteiger partial charge in [-0.05, 0) is 59.4 Å². The van der Waals surface area contributed by atoms with Gasteiger partial charge in [-0.1, -0.05) is 18.2 Å². The van der Waals surface area contributed by atoms with E-state index in [4.69, 9.17) is 0 Å². The van der Waals surface area contributed by atoms with Crippen LogP contribution in [0.1, 0.15) is 18.4 Å². The Bertz CT molecular complexity index is 838. The highest BCUT2D eigenvalue weighted by atomic mass is 32.2. The number of piperidine rings is 1. The van der Waals surface area contributed by atoms with Gasteiger partial charge in [-0.25, -0.2) is 8.42 Å². The van der Waals surface area contributed by atoms with Crippen molar-refractivity contribution in [3.05, 3.63) is 58.8 Å². The van der Waals surface area contributed by atoms with E-state index in [1.54, 1.807) is 47.7 Å². The van der Waals surface area contributed by atoms with Crippen LogP contribution in [0.5, 0.6) is 0 Å². The molecule has 1 aromatic carbocycles. The zero-order valence-electron chi connectivity index (χ0n) is 14.4. The lowest BCUT2D eigenvalue weighted by atomic mass is 9.98. The number of nitrogens with one attached hydrogen (secondary N) is 1. The maximum absolute atomic E-state index is 12.6. The molecule has 1 N–H and O–H groups in total. The minimum absolute atomic E-state index is 0.115. The van der Waals surface area contributed by atoms with Crippen LogP contribution >= 0.6 is 11.3 Å². The van der Waals surface area contributed by atoms with E-state index in [9.17, 15) is 13.2 Å². The molecular weight excluding hydrogens is 368 g/mol. The number of carbonyl (C=O) groups is 1. The van der Waals surface area contributed by atoms with Gasteiger partial charge in [-0.3, -0.25) is 4.79 Å². The van der Waals surface area contributed by atoms with Gasteiger partial charge in [0.15, 0.2) is 0 Å². The third kappa shape index (κ3) is 4.81. The van der Waals surface area contributed by atoms with E-state index in [1.165, 1.54) is 10.4 Å². The van der Waals surface area contributed by atoms with Crippen molar-refractivity contribution in [1.82, 2.24) is 9.62 Å². The van der Waals surface area contributed by atoms with Gasteiger partial charge in [0.1, 0.15) is 0 Å². The standard InChI is InChI=1S/C19H22N2O3S2/c22-19(7-6-17-10-13-25-15-17)20-14-16-8-11-21(12-9-16)26(23,24)18-4-2-1-3-5-18/h1-7,10,13,15-16H,8-9,11-12,14H2,(H,20,22)/b7-6+. The van der Waals surface area contributed by atoms with Gasteiger partial charge in [0.25, 0.3) is 0 Å². The molecule has 0 bridgehead atoms. The van der Waals surface area contributed by atoms with Crippen LogP contribution in [0.2, 0.25) is 0 Å². The third-order valence-electron chi connectivity index (χ3n) is 4.49. The molecule has 1 aliphatic heterocycles. The average Bonchev–Trinajstić information content (AvgIpc) is 3.19. The van der Waals surface area contributed by atoms with Crippen molar-refractivity contribution >= 4 is 33.3 Å². The molecule has 0 atom stereocenters. The van der Waals surface area contributed by atoms with E-state index in [1.807, 2.05) is 16.8 Å². The fourth-order valence-electron chi connectivity index (χ4n) is 2.94. The molecule has 1 saturated heterocycles. The zero-order valence-corrected chi connectivity index (χ0v) is 16.0. The molecule has 1 fully saturated rings. The number of amides is 1. The van der Waals surface area contributed by atoms with Crippen LogP contribution in [0.25, 0.3) is 6.08 Å². The Morgan fingerprint density at radius 2 is 1.92 bits per heavy atom.